The Morgan fingerprint density at radius 1 is 1.14 bits per heavy atom. The average molecular weight is 312 g/mol. The number of hydrogen-bond donors (Lipinski definition) is 2. The minimum Gasteiger partial charge on any atom is -0.481 e. The quantitative estimate of drug-likeness (QED) is 0.713. The van der Waals surface area contributed by atoms with E-state index in [1.807, 2.05) is 13.8 Å². The molecule has 2 N–H and O–H groups in total. The van der Waals surface area contributed by atoms with Gasteiger partial charge in [0, 0.05) is 19.0 Å². The van der Waals surface area contributed by atoms with Crippen LogP contribution >= 0.6 is 0 Å². The van der Waals surface area contributed by atoms with Crippen molar-refractivity contribution in [2.75, 3.05) is 19.6 Å². The van der Waals surface area contributed by atoms with Gasteiger partial charge in [-0.25, -0.2) is 0 Å². The SMILES string of the molecule is CCCNC(=O)CN(CCC)C(=O)C1CCCC(C(=O)O)C1. The number of carbonyl (C=O) groups excluding carboxylic acids is 2. The summed E-state index contributed by atoms with van der Waals surface area (Å²) in [6, 6.07) is 0. The van der Waals surface area contributed by atoms with Crippen LogP contribution in [0.25, 0.3) is 0 Å². The molecule has 1 rings (SSSR count). The van der Waals surface area contributed by atoms with Crippen LogP contribution < -0.4 is 5.32 Å². The van der Waals surface area contributed by atoms with E-state index in [1.165, 1.54) is 0 Å². The molecule has 1 aliphatic rings. The van der Waals surface area contributed by atoms with E-state index in [0.717, 1.165) is 25.7 Å². The molecule has 2 unspecified atom stereocenters. The fraction of sp³-hybridized carbons (Fsp3) is 0.812. The lowest BCUT2D eigenvalue weighted by Gasteiger charge is -2.31. The van der Waals surface area contributed by atoms with Gasteiger partial charge in [0.1, 0.15) is 0 Å². The summed E-state index contributed by atoms with van der Waals surface area (Å²) < 4.78 is 0. The number of aliphatic carboxylic acids is 1. The van der Waals surface area contributed by atoms with Crippen molar-refractivity contribution >= 4 is 17.8 Å². The van der Waals surface area contributed by atoms with E-state index in [4.69, 9.17) is 5.11 Å². The molecule has 0 aromatic heterocycles. The molecule has 22 heavy (non-hydrogen) atoms. The third kappa shape index (κ3) is 5.66. The van der Waals surface area contributed by atoms with Crippen LogP contribution in [0.2, 0.25) is 0 Å². The van der Waals surface area contributed by atoms with E-state index in [0.29, 0.717) is 25.9 Å². The van der Waals surface area contributed by atoms with Gasteiger partial charge in [-0.15, -0.1) is 0 Å². The van der Waals surface area contributed by atoms with Gasteiger partial charge in [0.25, 0.3) is 0 Å². The Balaban J connectivity index is 2.63. The molecular weight excluding hydrogens is 284 g/mol. The highest BCUT2D eigenvalue weighted by atomic mass is 16.4. The molecule has 0 spiro atoms. The normalized spacial score (nSPS) is 21.2. The minimum atomic E-state index is -0.819. The fourth-order valence-electron chi connectivity index (χ4n) is 2.93. The molecule has 1 saturated carbocycles. The zero-order chi connectivity index (χ0) is 16.5. The highest BCUT2D eigenvalue weighted by molar-refractivity contribution is 5.86. The Hall–Kier alpha value is -1.59. The van der Waals surface area contributed by atoms with Crippen LogP contribution in [0.15, 0.2) is 0 Å². The van der Waals surface area contributed by atoms with Crippen LogP contribution in [-0.2, 0) is 14.4 Å². The summed E-state index contributed by atoms with van der Waals surface area (Å²) in [6.45, 7) is 5.15. The summed E-state index contributed by atoms with van der Waals surface area (Å²) in [7, 11) is 0. The smallest absolute Gasteiger partial charge is 0.306 e. The van der Waals surface area contributed by atoms with Gasteiger partial charge in [-0.1, -0.05) is 20.3 Å². The largest absolute Gasteiger partial charge is 0.481 e. The zero-order valence-electron chi connectivity index (χ0n) is 13.6. The van der Waals surface area contributed by atoms with Gasteiger partial charge in [0.2, 0.25) is 11.8 Å². The number of amides is 2. The van der Waals surface area contributed by atoms with E-state index in [9.17, 15) is 14.4 Å². The molecule has 0 radical (unpaired) electrons. The van der Waals surface area contributed by atoms with Gasteiger partial charge in [0.15, 0.2) is 0 Å². The third-order valence-electron chi connectivity index (χ3n) is 4.08. The monoisotopic (exact) mass is 312 g/mol. The van der Waals surface area contributed by atoms with Crippen LogP contribution in [0.4, 0.5) is 0 Å². The maximum Gasteiger partial charge on any atom is 0.306 e. The number of hydrogen-bond acceptors (Lipinski definition) is 3. The molecule has 0 aromatic carbocycles. The van der Waals surface area contributed by atoms with E-state index < -0.39 is 11.9 Å². The molecule has 0 aromatic rings. The number of nitrogens with one attached hydrogen (secondary N) is 1. The van der Waals surface area contributed by atoms with Crippen molar-refractivity contribution in [3.05, 3.63) is 0 Å². The number of carboxylic acids is 1. The highest BCUT2D eigenvalue weighted by Crippen LogP contribution is 2.30. The summed E-state index contributed by atoms with van der Waals surface area (Å²) in [6.07, 6.45) is 4.15. The number of nitrogens with zero attached hydrogens (tertiary/aromatic N) is 1. The van der Waals surface area contributed by atoms with Gasteiger partial charge in [0.05, 0.1) is 12.5 Å². The molecule has 126 valence electrons. The first-order valence-corrected chi connectivity index (χ1v) is 8.27. The Kier molecular flexibility index (Phi) is 7.91. The highest BCUT2D eigenvalue weighted by Gasteiger charge is 2.33. The van der Waals surface area contributed by atoms with Crippen LogP contribution in [0.1, 0.15) is 52.4 Å². The van der Waals surface area contributed by atoms with Crippen molar-refractivity contribution in [3.8, 4) is 0 Å². The predicted octanol–water partition coefficient (Wildman–Crippen LogP) is 1.64. The number of rotatable bonds is 8. The van der Waals surface area contributed by atoms with E-state index >= 15 is 0 Å². The molecule has 2 atom stereocenters. The second-order valence-corrected chi connectivity index (χ2v) is 6.01. The first kappa shape index (κ1) is 18.5. The Morgan fingerprint density at radius 3 is 2.41 bits per heavy atom. The molecule has 1 fully saturated rings. The van der Waals surface area contributed by atoms with E-state index in [2.05, 4.69) is 5.32 Å². The topological polar surface area (TPSA) is 86.7 Å². The lowest BCUT2D eigenvalue weighted by atomic mass is 9.80. The van der Waals surface area contributed by atoms with E-state index in [-0.39, 0.29) is 24.3 Å². The standard InChI is InChI=1S/C16H28N2O4/c1-3-8-17-14(19)11-18(9-4-2)15(20)12-6-5-7-13(10-12)16(21)22/h12-13H,3-11H2,1-2H3,(H,17,19)(H,21,22). The Bertz CT molecular complexity index is 398. The van der Waals surface area contributed by atoms with Crippen LogP contribution in [-0.4, -0.2) is 47.4 Å². The van der Waals surface area contributed by atoms with Crippen LogP contribution in [0.3, 0.4) is 0 Å². The molecule has 2 amide bonds. The predicted molar refractivity (Wildman–Crippen MR) is 83.3 cm³/mol. The molecular formula is C16H28N2O4. The first-order valence-electron chi connectivity index (χ1n) is 8.27. The lowest BCUT2D eigenvalue weighted by molar-refractivity contribution is -0.146. The average Bonchev–Trinajstić information content (AvgIpc) is 2.51. The van der Waals surface area contributed by atoms with Crippen LogP contribution in [0.5, 0.6) is 0 Å². The summed E-state index contributed by atoms with van der Waals surface area (Å²) in [5, 5.41) is 11.9. The maximum atomic E-state index is 12.6. The maximum absolute atomic E-state index is 12.6. The molecule has 6 nitrogen and oxygen atoms in total. The van der Waals surface area contributed by atoms with Gasteiger partial charge in [-0.3, -0.25) is 14.4 Å². The van der Waals surface area contributed by atoms with Crippen molar-refractivity contribution in [1.82, 2.24) is 10.2 Å². The summed E-state index contributed by atoms with van der Waals surface area (Å²) >= 11 is 0. The third-order valence-corrected chi connectivity index (χ3v) is 4.08. The minimum absolute atomic E-state index is 0.0700. The van der Waals surface area contributed by atoms with Crippen molar-refractivity contribution in [2.24, 2.45) is 11.8 Å². The van der Waals surface area contributed by atoms with Gasteiger partial charge in [-0.2, -0.15) is 0 Å². The van der Waals surface area contributed by atoms with Crippen molar-refractivity contribution < 1.29 is 19.5 Å². The van der Waals surface area contributed by atoms with E-state index in [1.54, 1.807) is 4.90 Å². The fourth-order valence-corrected chi connectivity index (χ4v) is 2.93. The Labute approximate surface area is 132 Å². The molecule has 1 aliphatic carbocycles. The van der Waals surface area contributed by atoms with Gasteiger partial charge >= 0.3 is 5.97 Å². The van der Waals surface area contributed by atoms with Crippen molar-refractivity contribution in [2.45, 2.75) is 52.4 Å². The lowest BCUT2D eigenvalue weighted by Crippen LogP contribution is -2.45. The summed E-state index contributed by atoms with van der Waals surface area (Å²) in [5.74, 6) is -1.73. The second-order valence-electron chi connectivity index (χ2n) is 6.01. The summed E-state index contributed by atoms with van der Waals surface area (Å²) in [4.78, 5) is 37.2. The number of carboxylic acid groups (broad SMARTS) is 1. The molecule has 0 heterocycles. The summed E-state index contributed by atoms with van der Waals surface area (Å²) in [5.41, 5.74) is 0. The molecule has 6 heteroatoms. The first-order chi connectivity index (χ1) is 10.5. The van der Waals surface area contributed by atoms with Gasteiger partial charge in [-0.05, 0) is 32.1 Å². The van der Waals surface area contributed by atoms with Gasteiger partial charge < -0.3 is 15.3 Å². The molecule has 0 saturated heterocycles. The molecule has 0 aliphatic heterocycles. The van der Waals surface area contributed by atoms with Crippen LogP contribution in [0, 0.1) is 11.8 Å². The second kappa shape index (κ2) is 9.43. The zero-order valence-corrected chi connectivity index (χ0v) is 13.6. The Morgan fingerprint density at radius 2 is 1.82 bits per heavy atom. The van der Waals surface area contributed by atoms with Crippen molar-refractivity contribution in [1.29, 1.82) is 0 Å². The molecule has 0 bridgehead atoms. The van der Waals surface area contributed by atoms with Crippen molar-refractivity contribution in [3.63, 3.8) is 0 Å². The number of carbonyl (C=O) groups is 3.